The summed E-state index contributed by atoms with van der Waals surface area (Å²) in [6.45, 7) is 4.72. The standard InChI is InChI=1S/C13H16N4OS2/c1-3-8-10(20-13(16-8)15-4-2)12(18)17-11(14)9-6-5-7-19-9/h5-7H,3-4H2,1-2H3,(H,15,16)(H2,14,17,18). The van der Waals surface area contributed by atoms with Crippen molar-refractivity contribution in [3.63, 3.8) is 0 Å². The third kappa shape index (κ3) is 3.23. The third-order valence-electron chi connectivity index (χ3n) is 2.57. The van der Waals surface area contributed by atoms with Gasteiger partial charge in [0.1, 0.15) is 10.7 Å². The van der Waals surface area contributed by atoms with Crippen molar-refractivity contribution in [1.29, 1.82) is 5.41 Å². The maximum Gasteiger partial charge on any atom is 0.268 e. The van der Waals surface area contributed by atoms with Crippen LogP contribution < -0.4 is 10.6 Å². The van der Waals surface area contributed by atoms with Crippen molar-refractivity contribution < 1.29 is 4.79 Å². The van der Waals surface area contributed by atoms with E-state index in [2.05, 4.69) is 15.6 Å². The van der Waals surface area contributed by atoms with Gasteiger partial charge in [0.25, 0.3) is 5.91 Å². The van der Waals surface area contributed by atoms with Crippen LogP contribution in [-0.4, -0.2) is 23.3 Å². The molecule has 0 fully saturated rings. The normalized spacial score (nSPS) is 10.3. The molecule has 20 heavy (non-hydrogen) atoms. The lowest BCUT2D eigenvalue weighted by atomic mass is 10.3. The summed E-state index contributed by atoms with van der Waals surface area (Å²) >= 11 is 2.76. The van der Waals surface area contributed by atoms with E-state index in [4.69, 9.17) is 5.41 Å². The zero-order chi connectivity index (χ0) is 14.5. The summed E-state index contributed by atoms with van der Waals surface area (Å²) < 4.78 is 0. The van der Waals surface area contributed by atoms with Gasteiger partial charge in [0.2, 0.25) is 0 Å². The summed E-state index contributed by atoms with van der Waals surface area (Å²) in [4.78, 5) is 17.9. The highest BCUT2D eigenvalue weighted by Gasteiger charge is 2.18. The van der Waals surface area contributed by atoms with Gasteiger partial charge in [-0.05, 0) is 24.8 Å². The summed E-state index contributed by atoms with van der Waals surface area (Å²) in [5.41, 5.74) is 0.766. The van der Waals surface area contributed by atoms with Crippen LogP contribution in [0, 0.1) is 5.41 Å². The number of hydrogen-bond donors (Lipinski definition) is 3. The average molecular weight is 308 g/mol. The minimum atomic E-state index is -0.262. The molecule has 3 N–H and O–H groups in total. The lowest BCUT2D eigenvalue weighted by Crippen LogP contribution is -2.29. The zero-order valence-corrected chi connectivity index (χ0v) is 13.0. The zero-order valence-electron chi connectivity index (χ0n) is 11.3. The number of thiophene rings is 1. The summed E-state index contributed by atoms with van der Waals surface area (Å²) in [5.74, 6) is -0.132. The molecular formula is C13H16N4OS2. The first-order chi connectivity index (χ1) is 9.65. The molecule has 0 saturated heterocycles. The summed E-state index contributed by atoms with van der Waals surface area (Å²) in [6, 6.07) is 3.67. The molecule has 0 spiro atoms. The topological polar surface area (TPSA) is 77.9 Å². The molecule has 0 saturated carbocycles. The number of carbonyl (C=O) groups excluding carboxylic acids is 1. The largest absolute Gasteiger partial charge is 0.362 e. The van der Waals surface area contributed by atoms with Gasteiger partial charge in [0.15, 0.2) is 5.13 Å². The Balaban J connectivity index is 2.14. The molecule has 0 aliphatic rings. The van der Waals surface area contributed by atoms with Crippen LogP contribution in [0.4, 0.5) is 5.13 Å². The van der Waals surface area contributed by atoms with Crippen molar-refractivity contribution in [1.82, 2.24) is 10.3 Å². The first-order valence-electron chi connectivity index (χ1n) is 6.33. The van der Waals surface area contributed by atoms with Crippen LogP contribution in [0.2, 0.25) is 0 Å². The molecule has 2 rings (SSSR count). The number of nitrogens with zero attached hydrogens (tertiary/aromatic N) is 1. The third-order valence-corrected chi connectivity index (χ3v) is 4.51. The highest BCUT2D eigenvalue weighted by atomic mass is 32.1. The quantitative estimate of drug-likeness (QED) is 0.587. The van der Waals surface area contributed by atoms with Gasteiger partial charge in [-0.1, -0.05) is 24.3 Å². The Hall–Kier alpha value is -1.73. The molecule has 0 aliphatic heterocycles. The lowest BCUT2D eigenvalue weighted by Gasteiger charge is -2.03. The number of thiazole rings is 1. The lowest BCUT2D eigenvalue weighted by molar-refractivity contribution is 0.0980. The molecule has 7 heteroatoms. The SMILES string of the molecule is CCNc1nc(CC)c(C(=O)NC(=N)c2cccs2)s1. The predicted octanol–water partition coefficient (Wildman–Crippen LogP) is 2.95. The molecule has 106 valence electrons. The number of aryl methyl sites for hydroxylation is 1. The number of hydrogen-bond acceptors (Lipinski definition) is 6. The van der Waals surface area contributed by atoms with Gasteiger partial charge >= 0.3 is 0 Å². The minimum Gasteiger partial charge on any atom is -0.362 e. The summed E-state index contributed by atoms with van der Waals surface area (Å²) in [5, 5.41) is 16.3. The number of amidine groups is 1. The van der Waals surface area contributed by atoms with Crippen LogP contribution in [0.3, 0.4) is 0 Å². The average Bonchev–Trinajstić information content (AvgIpc) is 3.08. The van der Waals surface area contributed by atoms with Gasteiger partial charge in [-0.3, -0.25) is 10.2 Å². The molecule has 2 heterocycles. The van der Waals surface area contributed by atoms with Crippen molar-refractivity contribution in [2.45, 2.75) is 20.3 Å². The van der Waals surface area contributed by atoms with Crippen LogP contribution in [-0.2, 0) is 6.42 Å². The predicted molar refractivity (Wildman–Crippen MR) is 84.3 cm³/mol. The number of aromatic nitrogens is 1. The van der Waals surface area contributed by atoms with Crippen molar-refractivity contribution in [3.8, 4) is 0 Å². The van der Waals surface area contributed by atoms with E-state index >= 15 is 0 Å². The van der Waals surface area contributed by atoms with Crippen molar-refractivity contribution in [2.75, 3.05) is 11.9 Å². The number of amides is 1. The van der Waals surface area contributed by atoms with E-state index in [0.717, 1.165) is 22.2 Å². The van der Waals surface area contributed by atoms with Gasteiger partial charge in [-0.15, -0.1) is 11.3 Å². The fourth-order valence-corrected chi connectivity index (χ4v) is 3.30. The Kier molecular flexibility index (Phi) is 4.86. The molecule has 5 nitrogen and oxygen atoms in total. The van der Waals surface area contributed by atoms with Gasteiger partial charge in [0, 0.05) is 6.54 Å². The molecule has 0 radical (unpaired) electrons. The van der Waals surface area contributed by atoms with Crippen LogP contribution >= 0.6 is 22.7 Å². The first kappa shape index (κ1) is 14.7. The van der Waals surface area contributed by atoms with E-state index in [0.29, 0.717) is 11.3 Å². The van der Waals surface area contributed by atoms with Gasteiger partial charge in [-0.2, -0.15) is 0 Å². The van der Waals surface area contributed by atoms with E-state index in [1.54, 1.807) is 0 Å². The van der Waals surface area contributed by atoms with Gasteiger partial charge < -0.3 is 10.6 Å². The molecule has 0 bridgehead atoms. The van der Waals surface area contributed by atoms with E-state index in [1.165, 1.54) is 22.7 Å². The van der Waals surface area contributed by atoms with Crippen molar-refractivity contribution in [2.24, 2.45) is 0 Å². The molecule has 0 aromatic carbocycles. The monoisotopic (exact) mass is 308 g/mol. The molecule has 2 aromatic heterocycles. The smallest absolute Gasteiger partial charge is 0.268 e. The highest BCUT2D eigenvalue weighted by molar-refractivity contribution is 7.17. The number of nitrogens with one attached hydrogen (secondary N) is 3. The molecule has 0 atom stereocenters. The fourth-order valence-electron chi connectivity index (χ4n) is 1.65. The second kappa shape index (κ2) is 6.62. The molecule has 1 amide bonds. The Bertz CT molecular complexity index is 604. The van der Waals surface area contributed by atoms with Crippen LogP contribution in [0.25, 0.3) is 0 Å². The first-order valence-corrected chi connectivity index (χ1v) is 8.02. The fraction of sp³-hybridized carbons (Fsp3) is 0.308. The van der Waals surface area contributed by atoms with Crippen molar-refractivity contribution >= 4 is 39.5 Å². The Morgan fingerprint density at radius 2 is 2.25 bits per heavy atom. The van der Waals surface area contributed by atoms with E-state index < -0.39 is 0 Å². The maximum atomic E-state index is 12.2. The minimum absolute atomic E-state index is 0.130. The summed E-state index contributed by atoms with van der Waals surface area (Å²) in [7, 11) is 0. The number of carbonyl (C=O) groups is 1. The van der Waals surface area contributed by atoms with Gasteiger partial charge in [0.05, 0.1) is 10.6 Å². The van der Waals surface area contributed by atoms with Crippen LogP contribution in [0.5, 0.6) is 0 Å². The summed E-state index contributed by atoms with van der Waals surface area (Å²) in [6.07, 6.45) is 0.691. The second-order valence-electron chi connectivity index (χ2n) is 3.99. The van der Waals surface area contributed by atoms with E-state index in [1.807, 2.05) is 31.4 Å². The Morgan fingerprint density at radius 3 is 2.85 bits per heavy atom. The molecule has 0 aliphatic carbocycles. The highest BCUT2D eigenvalue weighted by Crippen LogP contribution is 2.23. The van der Waals surface area contributed by atoms with Crippen molar-refractivity contribution in [3.05, 3.63) is 33.0 Å². The maximum absolute atomic E-state index is 12.2. The number of anilines is 1. The van der Waals surface area contributed by atoms with Gasteiger partial charge in [-0.25, -0.2) is 4.98 Å². The Labute approximate surface area is 125 Å². The van der Waals surface area contributed by atoms with Crippen LogP contribution in [0.1, 0.15) is 34.1 Å². The molecule has 2 aromatic rings. The molecule has 0 unspecified atom stereocenters. The van der Waals surface area contributed by atoms with Crippen LogP contribution in [0.15, 0.2) is 17.5 Å². The second-order valence-corrected chi connectivity index (χ2v) is 5.93. The molecular weight excluding hydrogens is 292 g/mol. The van der Waals surface area contributed by atoms with E-state index in [-0.39, 0.29) is 11.7 Å². The van der Waals surface area contributed by atoms with E-state index in [9.17, 15) is 4.79 Å². The Morgan fingerprint density at radius 1 is 1.45 bits per heavy atom. The number of rotatable bonds is 5.